The zero-order valence-electron chi connectivity index (χ0n) is 13.3. The van der Waals surface area contributed by atoms with Gasteiger partial charge in [0, 0.05) is 32.4 Å². The first-order valence-corrected chi connectivity index (χ1v) is 8.14. The summed E-state index contributed by atoms with van der Waals surface area (Å²) in [5, 5.41) is 7.36. The number of hydrogen-bond acceptors (Lipinski definition) is 3. The van der Waals surface area contributed by atoms with Crippen molar-refractivity contribution in [1.82, 2.24) is 20.0 Å². The van der Waals surface area contributed by atoms with Crippen LogP contribution in [0.25, 0.3) is 0 Å². The molecule has 1 N–H and O–H groups in total. The van der Waals surface area contributed by atoms with Crippen molar-refractivity contribution in [2.24, 2.45) is 13.0 Å². The number of rotatable bonds is 3. The lowest BCUT2D eigenvalue weighted by Crippen LogP contribution is -2.39. The number of aromatic nitrogens is 2. The predicted molar refractivity (Wildman–Crippen MR) is 82.4 cm³/mol. The highest BCUT2D eigenvalue weighted by molar-refractivity contribution is 5.95. The van der Waals surface area contributed by atoms with Gasteiger partial charge in [0.15, 0.2) is 0 Å². The second kappa shape index (κ2) is 6.10. The summed E-state index contributed by atoms with van der Waals surface area (Å²) in [4.78, 5) is 26.6. The third-order valence-electron chi connectivity index (χ3n) is 4.79. The van der Waals surface area contributed by atoms with E-state index in [4.69, 9.17) is 0 Å². The number of aryl methyl sites for hydroxylation is 2. The van der Waals surface area contributed by atoms with Crippen molar-refractivity contribution in [2.75, 3.05) is 13.1 Å². The van der Waals surface area contributed by atoms with E-state index in [2.05, 4.69) is 10.4 Å². The highest BCUT2D eigenvalue weighted by Gasteiger charge is 2.33. The molecule has 2 amide bonds. The van der Waals surface area contributed by atoms with Gasteiger partial charge >= 0.3 is 0 Å². The lowest BCUT2D eigenvalue weighted by Gasteiger charge is -2.18. The minimum atomic E-state index is -0.0680. The number of likely N-dealkylation sites (tertiary alicyclic amines) is 1. The topological polar surface area (TPSA) is 67.2 Å². The van der Waals surface area contributed by atoms with Gasteiger partial charge in [-0.05, 0) is 26.2 Å². The van der Waals surface area contributed by atoms with E-state index in [0.29, 0.717) is 24.7 Å². The molecule has 0 spiro atoms. The minimum Gasteiger partial charge on any atom is -0.353 e. The Morgan fingerprint density at radius 2 is 2.00 bits per heavy atom. The molecule has 1 atom stereocenters. The summed E-state index contributed by atoms with van der Waals surface area (Å²) in [6.45, 7) is 3.01. The van der Waals surface area contributed by atoms with Crippen LogP contribution in [0.3, 0.4) is 0 Å². The van der Waals surface area contributed by atoms with Gasteiger partial charge in [0.1, 0.15) is 0 Å². The molecule has 0 radical (unpaired) electrons. The molecule has 6 heteroatoms. The second-order valence-corrected chi connectivity index (χ2v) is 6.53. The van der Waals surface area contributed by atoms with Crippen LogP contribution in [0, 0.1) is 12.8 Å². The van der Waals surface area contributed by atoms with Gasteiger partial charge in [-0.2, -0.15) is 5.10 Å². The SMILES string of the molecule is Cc1nn(C)cc1C(=O)N1CCC(C(=O)NC2CCCC2)C1. The summed E-state index contributed by atoms with van der Waals surface area (Å²) in [7, 11) is 1.81. The third-order valence-corrected chi connectivity index (χ3v) is 4.79. The van der Waals surface area contributed by atoms with E-state index in [1.165, 1.54) is 12.8 Å². The van der Waals surface area contributed by atoms with Gasteiger partial charge in [0.25, 0.3) is 5.91 Å². The quantitative estimate of drug-likeness (QED) is 0.914. The number of nitrogens with one attached hydrogen (secondary N) is 1. The Morgan fingerprint density at radius 3 is 2.64 bits per heavy atom. The molecule has 1 saturated heterocycles. The van der Waals surface area contributed by atoms with Crippen LogP contribution in [-0.2, 0) is 11.8 Å². The fraction of sp³-hybridized carbons (Fsp3) is 0.688. The molecular formula is C16H24N4O2. The maximum Gasteiger partial charge on any atom is 0.257 e. The smallest absolute Gasteiger partial charge is 0.257 e. The van der Waals surface area contributed by atoms with Crippen molar-refractivity contribution < 1.29 is 9.59 Å². The first kappa shape index (κ1) is 15.1. The fourth-order valence-electron chi connectivity index (χ4n) is 3.53. The average molecular weight is 304 g/mol. The maximum atomic E-state index is 12.5. The van der Waals surface area contributed by atoms with E-state index in [1.807, 2.05) is 14.0 Å². The third kappa shape index (κ3) is 3.00. The number of carbonyl (C=O) groups is 2. The second-order valence-electron chi connectivity index (χ2n) is 6.53. The Labute approximate surface area is 130 Å². The molecule has 2 aliphatic rings. The minimum absolute atomic E-state index is 0.0123. The van der Waals surface area contributed by atoms with Crippen molar-refractivity contribution in [1.29, 1.82) is 0 Å². The summed E-state index contributed by atoms with van der Waals surface area (Å²) in [6, 6.07) is 0.345. The average Bonchev–Trinajstić information content (AvgIpc) is 3.18. The van der Waals surface area contributed by atoms with Gasteiger partial charge in [-0.25, -0.2) is 0 Å². The van der Waals surface area contributed by atoms with Crippen LogP contribution < -0.4 is 5.32 Å². The Bertz CT molecular complexity index is 575. The largest absolute Gasteiger partial charge is 0.353 e. The van der Waals surface area contributed by atoms with Crippen molar-refractivity contribution in [3.8, 4) is 0 Å². The van der Waals surface area contributed by atoms with E-state index >= 15 is 0 Å². The Kier molecular flexibility index (Phi) is 4.18. The molecule has 2 fully saturated rings. The zero-order chi connectivity index (χ0) is 15.7. The number of nitrogens with zero attached hydrogens (tertiary/aromatic N) is 3. The molecule has 22 heavy (non-hydrogen) atoms. The monoisotopic (exact) mass is 304 g/mol. The van der Waals surface area contributed by atoms with Gasteiger partial charge in [-0.3, -0.25) is 14.3 Å². The first-order chi connectivity index (χ1) is 10.5. The lowest BCUT2D eigenvalue weighted by atomic mass is 10.1. The van der Waals surface area contributed by atoms with Gasteiger partial charge in [0.2, 0.25) is 5.91 Å². The standard InChI is InChI=1S/C16H24N4O2/c1-11-14(10-19(2)18-11)16(22)20-8-7-12(9-20)15(21)17-13-5-3-4-6-13/h10,12-13H,3-9H2,1-2H3,(H,17,21). The van der Waals surface area contributed by atoms with E-state index < -0.39 is 0 Å². The lowest BCUT2D eigenvalue weighted by molar-refractivity contribution is -0.125. The molecule has 0 aromatic carbocycles. The summed E-state index contributed by atoms with van der Waals surface area (Å²) in [6.07, 6.45) is 7.11. The fourth-order valence-corrected chi connectivity index (χ4v) is 3.53. The summed E-state index contributed by atoms with van der Waals surface area (Å²) >= 11 is 0. The molecule has 120 valence electrons. The van der Waals surface area contributed by atoms with Crippen LogP contribution >= 0.6 is 0 Å². The molecule has 1 saturated carbocycles. The molecule has 1 aliphatic heterocycles. The maximum absolute atomic E-state index is 12.5. The van der Waals surface area contributed by atoms with E-state index in [9.17, 15) is 9.59 Å². The van der Waals surface area contributed by atoms with Crippen molar-refractivity contribution in [3.63, 3.8) is 0 Å². The summed E-state index contributed by atoms with van der Waals surface area (Å²) in [5.74, 6) is 0.0356. The van der Waals surface area contributed by atoms with Crippen LogP contribution in [0.5, 0.6) is 0 Å². The highest BCUT2D eigenvalue weighted by Crippen LogP contribution is 2.22. The first-order valence-electron chi connectivity index (χ1n) is 8.14. The number of carbonyl (C=O) groups excluding carboxylic acids is 2. The van der Waals surface area contributed by atoms with Crippen LogP contribution in [0.2, 0.25) is 0 Å². The van der Waals surface area contributed by atoms with Gasteiger partial charge in [0.05, 0.1) is 17.2 Å². The Hall–Kier alpha value is -1.85. The molecule has 1 aromatic heterocycles. The van der Waals surface area contributed by atoms with Crippen LogP contribution in [0.4, 0.5) is 0 Å². The number of amides is 2. The van der Waals surface area contributed by atoms with Gasteiger partial charge < -0.3 is 10.2 Å². The molecule has 6 nitrogen and oxygen atoms in total. The summed E-state index contributed by atoms with van der Waals surface area (Å²) in [5.41, 5.74) is 1.38. The normalized spacial score (nSPS) is 22.3. The van der Waals surface area contributed by atoms with E-state index in [1.54, 1.807) is 15.8 Å². The van der Waals surface area contributed by atoms with Crippen LogP contribution in [-0.4, -0.2) is 45.6 Å². The van der Waals surface area contributed by atoms with Crippen molar-refractivity contribution in [2.45, 2.75) is 45.1 Å². The predicted octanol–water partition coefficient (Wildman–Crippen LogP) is 1.25. The van der Waals surface area contributed by atoms with Crippen molar-refractivity contribution in [3.05, 3.63) is 17.5 Å². The zero-order valence-corrected chi connectivity index (χ0v) is 13.3. The Morgan fingerprint density at radius 1 is 1.27 bits per heavy atom. The molecule has 1 unspecified atom stereocenters. The molecule has 2 heterocycles. The van der Waals surface area contributed by atoms with Crippen LogP contribution in [0.15, 0.2) is 6.20 Å². The Balaban J connectivity index is 1.58. The van der Waals surface area contributed by atoms with Gasteiger partial charge in [-0.15, -0.1) is 0 Å². The van der Waals surface area contributed by atoms with Crippen molar-refractivity contribution >= 4 is 11.8 Å². The molecule has 1 aliphatic carbocycles. The van der Waals surface area contributed by atoms with Gasteiger partial charge in [-0.1, -0.05) is 12.8 Å². The van der Waals surface area contributed by atoms with Crippen LogP contribution in [0.1, 0.15) is 48.2 Å². The van der Waals surface area contributed by atoms with E-state index in [0.717, 1.165) is 25.0 Å². The van der Waals surface area contributed by atoms with E-state index in [-0.39, 0.29) is 17.7 Å². The highest BCUT2D eigenvalue weighted by atomic mass is 16.2. The number of hydrogen-bond donors (Lipinski definition) is 1. The summed E-state index contributed by atoms with van der Waals surface area (Å²) < 4.78 is 1.66. The molecule has 3 rings (SSSR count). The molecule has 1 aromatic rings. The molecule has 0 bridgehead atoms. The molecular weight excluding hydrogens is 280 g/mol.